The Morgan fingerprint density at radius 1 is 1.35 bits per heavy atom. The highest BCUT2D eigenvalue weighted by Gasteiger charge is 2.25. The van der Waals surface area contributed by atoms with E-state index in [0.717, 1.165) is 12.8 Å². The molecule has 0 saturated heterocycles. The number of carboxylic acid groups (broad SMARTS) is 1. The van der Waals surface area contributed by atoms with E-state index in [-0.39, 0.29) is 5.92 Å². The van der Waals surface area contributed by atoms with Crippen molar-refractivity contribution in [3.63, 3.8) is 0 Å². The Morgan fingerprint density at radius 2 is 1.94 bits per heavy atom. The zero-order valence-corrected chi connectivity index (χ0v) is 10.8. The molecule has 0 rings (SSSR count). The van der Waals surface area contributed by atoms with Crippen LogP contribution in [0.25, 0.3) is 0 Å². The standard InChI is InChI=1S/C12H23NO4/c1-4-5-6-17-12(16)10(13)8(2)7-9(3)11(14)15/h8-10H,4-7,13H2,1-3H3,(H,14,15). The quantitative estimate of drug-likeness (QED) is 0.498. The first kappa shape index (κ1) is 15.9. The third-order valence-electron chi connectivity index (χ3n) is 2.77. The second-order valence-corrected chi connectivity index (χ2v) is 4.50. The number of carbonyl (C=O) groups is 2. The summed E-state index contributed by atoms with van der Waals surface area (Å²) in [6.45, 7) is 5.76. The van der Waals surface area contributed by atoms with E-state index in [2.05, 4.69) is 0 Å². The SMILES string of the molecule is CCCCOC(=O)C(N)C(C)CC(C)C(=O)O. The molecule has 3 atom stereocenters. The number of hydrogen-bond donors (Lipinski definition) is 2. The van der Waals surface area contributed by atoms with Crippen molar-refractivity contribution in [1.82, 2.24) is 0 Å². The maximum absolute atomic E-state index is 11.5. The van der Waals surface area contributed by atoms with Gasteiger partial charge in [-0.15, -0.1) is 0 Å². The van der Waals surface area contributed by atoms with E-state index >= 15 is 0 Å². The molecule has 5 heteroatoms. The Morgan fingerprint density at radius 3 is 2.41 bits per heavy atom. The van der Waals surface area contributed by atoms with E-state index < -0.39 is 23.9 Å². The average Bonchev–Trinajstić information content (AvgIpc) is 2.27. The smallest absolute Gasteiger partial charge is 0.323 e. The van der Waals surface area contributed by atoms with Crippen LogP contribution in [0.15, 0.2) is 0 Å². The van der Waals surface area contributed by atoms with Crippen molar-refractivity contribution in [1.29, 1.82) is 0 Å². The number of rotatable bonds is 8. The molecule has 0 radical (unpaired) electrons. The number of carbonyl (C=O) groups excluding carboxylic acids is 1. The van der Waals surface area contributed by atoms with Crippen LogP contribution in [0, 0.1) is 11.8 Å². The van der Waals surface area contributed by atoms with Gasteiger partial charge in [0.15, 0.2) is 0 Å². The number of esters is 1. The van der Waals surface area contributed by atoms with Gasteiger partial charge in [0.25, 0.3) is 0 Å². The normalized spacial score (nSPS) is 16.0. The Labute approximate surface area is 102 Å². The molecule has 100 valence electrons. The molecule has 0 heterocycles. The highest BCUT2D eigenvalue weighted by atomic mass is 16.5. The molecule has 5 nitrogen and oxygen atoms in total. The first-order valence-corrected chi connectivity index (χ1v) is 6.05. The molecule has 0 saturated carbocycles. The van der Waals surface area contributed by atoms with E-state index in [1.165, 1.54) is 0 Å². The van der Waals surface area contributed by atoms with Crippen LogP contribution < -0.4 is 5.73 Å². The van der Waals surface area contributed by atoms with Gasteiger partial charge in [0.1, 0.15) is 6.04 Å². The molecule has 0 aliphatic carbocycles. The predicted molar refractivity (Wildman–Crippen MR) is 64.4 cm³/mol. The van der Waals surface area contributed by atoms with Crippen LogP contribution in [-0.2, 0) is 14.3 Å². The number of ether oxygens (including phenoxy) is 1. The molecule has 0 aromatic heterocycles. The van der Waals surface area contributed by atoms with Crippen molar-refractivity contribution in [3.8, 4) is 0 Å². The van der Waals surface area contributed by atoms with Crippen LogP contribution in [0.5, 0.6) is 0 Å². The van der Waals surface area contributed by atoms with E-state index in [1.54, 1.807) is 13.8 Å². The molecule has 0 aromatic rings. The van der Waals surface area contributed by atoms with Crippen LogP contribution in [0.1, 0.15) is 40.0 Å². The van der Waals surface area contributed by atoms with Crippen LogP contribution >= 0.6 is 0 Å². The van der Waals surface area contributed by atoms with Gasteiger partial charge in [-0.1, -0.05) is 27.2 Å². The second-order valence-electron chi connectivity index (χ2n) is 4.50. The van der Waals surface area contributed by atoms with Crippen molar-refractivity contribution in [2.75, 3.05) is 6.61 Å². The minimum Gasteiger partial charge on any atom is -0.481 e. The fraction of sp³-hybridized carbons (Fsp3) is 0.833. The topological polar surface area (TPSA) is 89.6 Å². The lowest BCUT2D eigenvalue weighted by atomic mass is 9.92. The van der Waals surface area contributed by atoms with Crippen LogP contribution in [0.4, 0.5) is 0 Å². The largest absolute Gasteiger partial charge is 0.481 e. The molecule has 0 fully saturated rings. The summed E-state index contributed by atoms with van der Waals surface area (Å²) in [5.41, 5.74) is 5.72. The number of nitrogens with two attached hydrogens (primary N) is 1. The van der Waals surface area contributed by atoms with Crippen LogP contribution in [0.3, 0.4) is 0 Å². The summed E-state index contributed by atoms with van der Waals surface area (Å²) < 4.78 is 5.00. The van der Waals surface area contributed by atoms with Gasteiger partial charge >= 0.3 is 11.9 Å². The summed E-state index contributed by atoms with van der Waals surface area (Å²) in [4.78, 5) is 22.2. The summed E-state index contributed by atoms with van der Waals surface area (Å²) >= 11 is 0. The Balaban J connectivity index is 4.06. The summed E-state index contributed by atoms with van der Waals surface area (Å²) in [7, 11) is 0. The number of hydrogen-bond acceptors (Lipinski definition) is 4. The minimum absolute atomic E-state index is 0.199. The molecule has 17 heavy (non-hydrogen) atoms. The fourth-order valence-electron chi connectivity index (χ4n) is 1.45. The van der Waals surface area contributed by atoms with E-state index in [1.807, 2.05) is 6.92 Å². The van der Waals surface area contributed by atoms with Crippen molar-refractivity contribution in [2.45, 2.75) is 46.1 Å². The molecular weight excluding hydrogens is 222 g/mol. The average molecular weight is 245 g/mol. The highest BCUT2D eigenvalue weighted by Crippen LogP contribution is 2.15. The lowest BCUT2D eigenvalue weighted by Gasteiger charge is -2.20. The molecule has 0 aliphatic rings. The molecule has 0 amide bonds. The summed E-state index contributed by atoms with van der Waals surface area (Å²) in [6.07, 6.45) is 2.14. The summed E-state index contributed by atoms with van der Waals surface area (Å²) in [6, 6.07) is -0.742. The van der Waals surface area contributed by atoms with Gasteiger partial charge in [-0.25, -0.2) is 0 Å². The van der Waals surface area contributed by atoms with Crippen molar-refractivity contribution < 1.29 is 19.4 Å². The Bertz CT molecular complexity index is 255. The molecule has 0 aliphatic heterocycles. The molecule has 3 unspecified atom stereocenters. The van der Waals surface area contributed by atoms with Gasteiger partial charge in [0.2, 0.25) is 0 Å². The molecular formula is C12H23NO4. The van der Waals surface area contributed by atoms with Gasteiger partial charge in [-0.3, -0.25) is 9.59 Å². The van der Waals surface area contributed by atoms with Crippen LogP contribution in [0.2, 0.25) is 0 Å². The zero-order chi connectivity index (χ0) is 13.4. The maximum Gasteiger partial charge on any atom is 0.323 e. The summed E-state index contributed by atoms with van der Waals surface area (Å²) in [5.74, 6) is -2.01. The first-order chi connectivity index (χ1) is 7.90. The Kier molecular flexibility index (Phi) is 7.54. The fourth-order valence-corrected chi connectivity index (χ4v) is 1.45. The Hall–Kier alpha value is -1.10. The highest BCUT2D eigenvalue weighted by molar-refractivity contribution is 5.76. The maximum atomic E-state index is 11.5. The van der Waals surface area contributed by atoms with E-state index in [0.29, 0.717) is 13.0 Å². The van der Waals surface area contributed by atoms with Crippen molar-refractivity contribution >= 4 is 11.9 Å². The number of carboxylic acids is 1. The van der Waals surface area contributed by atoms with Crippen molar-refractivity contribution in [3.05, 3.63) is 0 Å². The van der Waals surface area contributed by atoms with Gasteiger partial charge in [0.05, 0.1) is 12.5 Å². The third-order valence-corrected chi connectivity index (χ3v) is 2.77. The van der Waals surface area contributed by atoms with E-state index in [4.69, 9.17) is 15.6 Å². The molecule has 0 bridgehead atoms. The zero-order valence-electron chi connectivity index (χ0n) is 10.8. The molecule has 3 N–H and O–H groups in total. The van der Waals surface area contributed by atoms with Gasteiger partial charge in [0, 0.05) is 0 Å². The number of aliphatic carboxylic acids is 1. The predicted octanol–water partition coefficient (Wildman–Crippen LogP) is 1.40. The third kappa shape index (κ3) is 6.26. The number of unbranched alkanes of at least 4 members (excludes halogenated alkanes) is 1. The van der Waals surface area contributed by atoms with Gasteiger partial charge < -0.3 is 15.6 Å². The molecule has 0 aromatic carbocycles. The monoisotopic (exact) mass is 245 g/mol. The second kappa shape index (κ2) is 8.06. The van der Waals surface area contributed by atoms with Gasteiger partial charge in [-0.2, -0.15) is 0 Å². The summed E-state index contributed by atoms with van der Waals surface area (Å²) in [5, 5.41) is 8.77. The lowest BCUT2D eigenvalue weighted by Crippen LogP contribution is -2.39. The van der Waals surface area contributed by atoms with Crippen LogP contribution in [-0.4, -0.2) is 29.7 Å². The molecule has 0 spiro atoms. The minimum atomic E-state index is -0.872. The van der Waals surface area contributed by atoms with Gasteiger partial charge in [-0.05, 0) is 18.8 Å². The lowest BCUT2D eigenvalue weighted by molar-refractivity contribution is -0.148. The van der Waals surface area contributed by atoms with Crippen molar-refractivity contribution in [2.24, 2.45) is 17.6 Å². The first-order valence-electron chi connectivity index (χ1n) is 6.05. The van der Waals surface area contributed by atoms with E-state index in [9.17, 15) is 9.59 Å².